The lowest BCUT2D eigenvalue weighted by Crippen LogP contribution is -2.55. The molecule has 3 aromatic rings. The van der Waals surface area contributed by atoms with Crippen LogP contribution in [-0.4, -0.2) is 51.9 Å². The van der Waals surface area contributed by atoms with Crippen molar-refractivity contribution < 1.29 is 14.0 Å². The first-order chi connectivity index (χ1) is 18.0. The zero-order chi connectivity index (χ0) is 25.9. The van der Waals surface area contributed by atoms with E-state index in [1.807, 2.05) is 29.2 Å². The van der Waals surface area contributed by atoms with E-state index in [0.717, 1.165) is 44.1 Å². The average molecular weight is 506 g/mol. The maximum Gasteiger partial charge on any atom is 0.424 e. The first kappa shape index (κ1) is 25.2. The molecule has 2 aliphatic rings. The summed E-state index contributed by atoms with van der Waals surface area (Å²) in [6.07, 6.45) is 10.3. The number of hydrogen-bond donors (Lipinski definition) is 2. The van der Waals surface area contributed by atoms with Crippen LogP contribution in [0, 0.1) is 5.92 Å². The number of nitrogens with one attached hydrogen (secondary N) is 2. The molecule has 1 aromatic carbocycles. The molecule has 3 atom stereocenters. The Bertz CT molecular complexity index is 1330. The molecule has 3 unspecified atom stereocenters. The standard InChI is InChI=1S/C28H35N5O4/c1-18(29-2)26(34)31-25(19-9-4-3-5-10-19)27(35)32-14-8-12-22(32)20-15-21(17-30-16-20)33-23-11-6-7-13-24(23)37-28(33)36/h6-7,11,13,15-19,22,25,29H,3-5,8-10,12,14H2,1-2H3,(H,31,34). The van der Waals surface area contributed by atoms with Gasteiger partial charge < -0.3 is 20.0 Å². The second-order valence-corrected chi connectivity index (χ2v) is 10.2. The van der Waals surface area contributed by atoms with Gasteiger partial charge in [-0.2, -0.15) is 0 Å². The molecule has 0 spiro atoms. The Balaban J connectivity index is 1.44. The van der Waals surface area contributed by atoms with Crippen molar-refractivity contribution in [1.82, 2.24) is 25.1 Å². The maximum atomic E-state index is 14.0. The van der Waals surface area contributed by atoms with Crippen molar-refractivity contribution in [3.05, 3.63) is 58.8 Å². The van der Waals surface area contributed by atoms with E-state index in [4.69, 9.17) is 4.42 Å². The zero-order valence-electron chi connectivity index (χ0n) is 21.5. The van der Waals surface area contributed by atoms with Gasteiger partial charge in [0, 0.05) is 12.7 Å². The number of benzene rings is 1. The highest BCUT2D eigenvalue weighted by molar-refractivity contribution is 5.90. The van der Waals surface area contributed by atoms with E-state index in [0.29, 0.717) is 23.3 Å². The van der Waals surface area contributed by atoms with Crippen molar-refractivity contribution in [2.45, 2.75) is 70.0 Å². The molecule has 5 rings (SSSR count). The van der Waals surface area contributed by atoms with Crippen LogP contribution in [0.5, 0.6) is 0 Å². The van der Waals surface area contributed by atoms with E-state index in [-0.39, 0.29) is 29.8 Å². The summed E-state index contributed by atoms with van der Waals surface area (Å²) < 4.78 is 6.92. The predicted octanol–water partition coefficient (Wildman–Crippen LogP) is 3.32. The second kappa shape index (κ2) is 10.9. The minimum atomic E-state index is -0.541. The number of likely N-dealkylation sites (N-methyl/N-ethyl adjacent to an activating group) is 1. The number of rotatable bonds is 7. The predicted molar refractivity (Wildman–Crippen MR) is 140 cm³/mol. The normalized spacial score (nSPS) is 20.2. The Labute approximate surface area is 216 Å². The summed E-state index contributed by atoms with van der Waals surface area (Å²) in [5.41, 5.74) is 2.66. The molecule has 1 saturated carbocycles. The fourth-order valence-electron chi connectivity index (χ4n) is 5.77. The second-order valence-electron chi connectivity index (χ2n) is 10.2. The van der Waals surface area contributed by atoms with E-state index in [1.165, 1.54) is 11.0 Å². The highest BCUT2D eigenvalue weighted by atomic mass is 16.4. The fraction of sp³-hybridized carbons (Fsp3) is 0.500. The van der Waals surface area contributed by atoms with Crippen LogP contribution in [0.15, 0.2) is 51.9 Å². The number of pyridine rings is 1. The van der Waals surface area contributed by atoms with Crippen molar-refractivity contribution >= 4 is 22.9 Å². The Kier molecular flexibility index (Phi) is 7.41. The molecule has 2 aromatic heterocycles. The topological polar surface area (TPSA) is 109 Å². The minimum absolute atomic E-state index is 0.0256. The first-order valence-electron chi connectivity index (χ1n) is 13.3. The fourth-order valence-corrected chi connectivity index (χ4v) is 5.77. The lowest BCUT2D eigenvalue weighted by Gasteiger charge is -2.35. The van der Waals surface area contributed by atoms with Crippen LogP contribution in [0.25, 0.3) is 16.8 Å². The quantitative estimate of drug-likeness (QED) is 0.510. The lowest BCUT2D eigenvalue weighted by molar-refractivity contribution is -0.139. The van der Waals surface area contributed by atoms with Gasteiger partial charge >= 0.3 is 5.76 Å². The summed E-state index contributed by atoms with van der Waals surface area (Å²) in [6, 6.07) is 8.11. The van der Waals surface area contributed by atoms with E-state index in [2.05, 4.69) is 15.6 Å². The van der Waals surface area contributed by atoms with E-state index in [1.54, 1.807) is 32.4 Å². The van der Waals surface area contributed by atoms with Crippen LogP contribution >= 0.6 is 0 Å². The number of carbonyl (C=O) groups is 2. The summed E-state index contributed by atoms with van der Waals surface area (Å²) in [5, 5.41) is 6.05. The summed E-state index contributed by atoms with van der Waals surface area (Å²) in [7, 11) is 1.74. The number of nitrogens with zero attached hydrogens (tertiary/aromatic N) is 3. The molecular weight excluding hydrogens is 470 g/mol. The molecule has 37 heavy (non-hydrogen) atoms. The average Bonchev–Trinajstić information content (AvgIpc) is 3.55. The molecule has 2 amide bonds. The van der Waals surface area contributed by atoms with Crippen LogP contribution < -0.4 is 16.4 Å². The number of fused-ring (bicyclic) bond motifs is 1. The van der Waals surface area contributed by atoms with Gasteiger partial charge in [-0.1, -0.05) is 31.4 Å². The Morgan fingerprint density at radius 3 is 2.65 bits per heavy atom. The first-order valence-corrected chi connectivity index (χ1v) is 13.3. The Morgan fingerprint density at radius 1 is 1.08 bits per heavy atom. The van der Waals surface area contributed by atoms with Crippen molar-refractivity contribution in [3.63, 3.8) is 0 Å². The summed E-state index contributed by atoms with van der Waals surface area (Å²) in [5.74, 6) is -0.520. The highest BCUT2D eigenvalue weighted by Crippen LogP contribution is 2.35. The van der Waals surface area contributed by atoms with E-state index >= 15 is 0 Å². The van der Waals surface area contributed by atoms with Gasteiger partial charge in [0.05, 0.1) is 29.5 Å². The van der Waals surface area contributed by atoms with Gasteiger partial charge in [-0.3, -0.25) is 14.6 Å². The number of para-hydroxylation sites is 2. The summed E-state index contributed by atoms with van der Waals surface area (Å²) in [4.78, 5) is 45.8. The van der Waals surface area contributed by atoms with Crippen molar-refractivity contribution in [2.75, 3.05) is 13.6 Å². The smallest absolute Gasteiger partial charge is 0.407 e. The zero-order valence-corrected chi connectivity index (χ0v) is 21.5. The van der Waals surface area contributed by atoms with Crippen molar-refractivity contribution in [2.24, 2.45) is 5.92 Å². The van der Waals surface area contributed by atoms with E-state index in [9.17, 15) is 14.4 Å². The molecule has 3 heterocycles. The number of amides is 2. The lowest BCUT2D eigenvalue weighted by atomic mass is 9.83. The minimum Gasteiger partial charge on any atom is -0.407 e. The largest absolute Gasteiger partial charge is 0.424 e. The number of hydrogen-bond acceptors (Lipinski definition) is 6. The van der Waals surface area contributed by atoms with Crippen LogP contribution in [0.4, 0.5) is 0 Å². The molecular formula is C28H35N5O4. The summed E-state index contributed by atoms with van der Waals surface area (Å²) in [6.45, 7) is 2.43. The SMILES string of the molecule is CNC(C)C(=O)NC(C(=O)N1CCCC1c1cncc(-n2c(=O)oc3ccccc32)c1)C1CCCCC1. The van der Waals surface area contributed by atoms with Gasteiger partial charge in [0.2, 0.25) is 11.8 Å². The van der Waals surface area contributed by atoms with Gasteiger partial charge in [0.15, 0.2) is 5.58 Å². The molecule has 1 saturated heterocycles. The number of likely N-dealkylation sites (tertiary alicyclic amines) is 1. The highest BCUT2D eigenvalue weighted by Gasteiger charge is 2.39. The maximum absolute atomic E-state index is 14.0. The molecule has 2 fully saturated rings. The molecule has 1 aliphatic carbocycles. The Hall–Kier alpha value is -3.46. The number of aromatic nitrogens is 2. The molecule has 1 aliphatic heterocycles. The number of carbonyl (C=O) groups excluding carboxylic acids is 2. The third kappa shape index (κ3) is 5.05. The van der Waals surface area contributed by atoms with Gasteiger partial charge in [-0.25, -0.2) is 9.36 Å². The van der Waals surface area contributed by atoms with Crippen molar-refractivity contribution in [1.29, 1.82) is 0 Å². The van der Waals surface area contributed by atoms with Crippen LogP contribution in [0.3, 0.4) is 0 Å². The molecule has 0 bridgehead atoms. The summed E-state index contributed by atoms with van der Waals surface area (Å²) >= 11 is 0. The van der Waals surface area contributed by atoms with Gasteiger partial charge in [-0.05, 0) is 69.3 Å². The molecule has 196 valence electrons. The van der Waals surface area contributed by atoms with Crippen LogP contribution in [0.2, 0.25) is 0 Å². The third-order valence-electron chi connectivity index (χ3n) is 7.92. The molecule has 9 nitrogen and oxygen atoms in total. The van der Waals surface area contributed by atoms with Gasteiger partial charge in [-0.15, -0.1) is 0 Å². The van der Waals surface area contributed by atoms with Crippen LogP contribution in [0.1, 0.15) is 63.5 Å². The van der Waals surface area contributed by atoms with Gasteiger partial charge in [0.1, 0.15) is 6.04 Å². The molecule has 2 N–H and O–H groups in total. The van der Waals surface area contributed by atoms with E-state index < -0.39 is 11.8 Å². The Morgan fingerprint density at radius 2 is 1.86 bits per heavy atom. The molecule has 9 heteroatoms. The van der Waals surface area contributed by atoms with Gasteiger partial charge in [0.25, 0.3) is 0 Å². The number of oxazole rings is 1. The molecule has 0 radical (unpaired) electrons. The van der Waals surface area contributed by atoms with Crippen molar-refractivity contribution in [3.8, 4) is 5.69 Å². The van der Waals surface area contributed by atoms with Crippen LogP contribution in [-0.2, 0) is 9.59 Å². The third-order valence-corrected chi connectivity index (χ3v) is 7.92. The monoisotopic (exact) mass is 505 g/mol.